The van der Waals surface area contributed by atoms with Gasteiger partial charge in [0.1, 0.15) is 11.9 Å². The molecule has 1 amide bonds. The summed E-state index contributed by atoms with van der Waals surface area (Å²) in [6.07, 6.45) is 1.47. The van der Waals surface area contributed by atoms with Gasteiger partial charge in [0, 0.05) is 16.8 Å². The number of halogens is 1. The van der Waals surface area contributed by atoms with Crippen molar-refractivity contribution in [2.45, 2.75) is 26.8 Å². The molecule has 3 rings (SSSR count). The number of amides is 1. The van der Waals surface area contributed by atoms with Gasteiger partial charge in [0.15, 0.2) is 11.6 Å². The number of nitrogens with one attached hydrogen (secondary N) is 1. The Bertz CT molecular complexity index is 1020. The van der Waals surface area contributed by atoms with Gasteiger partial charge in [0.2, 0.25) is 0 Å². The predicted octanol–water partition coefficient (Wildman–Crippen LogP) is 3.41. The molecule has 0 saturated heterocycles. The predicted molar refractivity (Wildman–Crippen MR) is 111 cm³/mol. The number of aryl methyl sites for hydroxylation is 2. The third kappa shape index (κ3) is 4.68. The van der Waals surface area contributed by atoms with Crippen LogP contribution in [-0.4, -0.2) is 25.7 Å². The second-order valence-electron chi connectivity index (χ2n) is 6.16. The van der Waals surface area contributed by atoms with Crippen LogP contribution in [0.2, 0.25) is 5.02 Å². The first-order valence-corrected chi connectivity index (χ1v) is 8.63. The summed E-state index contributed by atoms with van der Waals surface area (Å²) in [5, 5.41) is 16.7. The first-order chi connectivity index (χ1) is 12.9. The van der Waals surface area contributed by atoms with Crippen molar-refractivity contribution in [3.63, 3.8) is 0 Å². The van der Waals surface area contributed by atoms with Gasteiger partial charge in [-0.2, -0.15) is 23.4 Å². The van der Waals surface area contributed by atoms with E-state index in [0.717, 1.165) is 5.56 Å². The van der Waals surface area contributed by atoms with Crippen LogP contribution < -0.4 is 5.32 Å². The van der Waals surface area contributed by atoms with Gasteiger partial charge in [-0.25, -0.2) is 9.97 Å². The molecule has 0 aliphatic heterocycles. The Labute approximate surface area is 174 Å². The zero-order valence-electron chi connectivity index (χ0n) is 15.6. The third-order valence-corrected chi connectivity index (χ3v) is 4.09. The van der Waals surface area contributed by atoms with E-state index in [2.05, 4.69) is 20.4 Å². The summed E-state index contributed by atoms with van der Waals surface area (Å²) in [6, 6.07) is 10.1. The highest BCUT2D eigenvalue weighted by atomic mass is 35.5. The maximum atomic E-state index is 12.6. The SMILES string of the molecule is Cc1cc(Cl)cc(C(=O)N[C@@H](C)c2nc(C)nn2-c2ccc(C#N)cn2)c1.S. The van der Waals surface area contributed by atoms with Gasteiger partial charge in [-0.05, 0) is 56.7 Å². The minimum absolute atomic E-state index is 0. The lowest BCUT2D eigenvalue weighted by Crippen LogP contribution is -2.29. The average Bonchev–Trinajstić information content (AvgIpc) is 3.03. The Hall–Kier alpha value is -2.89. The second-order valence-corrected chi connectivity index (χ2v) is 6.59. The lowest BCUT2D eigenvalue weighted by Gasteiger charge is -2.14. The van der Waals surface area contributed by atoms with Gasteiger partial charge in [-0.15, -0.1) is 5.10 Å². The molecule has 144 valence electrons. The smallest absolute Gasteiger partial charge is 0.251 e. The number of nitriles is 1. The number of carbonyl (C=O) groups excluding carboxylic acids is 1. The van der Waals surface area contributed by atoms with Crippen LogP contribution in [0.25, 0.3) is 5.82 Å². The summed E-state index contributed by atoms with van der Waals surface area (Å²) in [6.45, 7) is 5.46. The Morgan fingerprint density at radius 1 is 1.29 bits per heavy atom. The van der Waals surface area contributed by atoms with Crippen LogP contribution in [0.4, 0.5) is 0 Å². The molecule has 0 saturated carbocycles. The third-order valence-electron chi connectivity index (χ3n) is 3.87. The molecule has 0 aliphatic rings. The van der Waals surface area contributed by atoms with Crippen LogP contribution in [0.15, 0.2) is 36.5 Å². The van der Waals surface area contributed by atoms with Crippen molar-refractivity contribution in [2.75, 3.05) is 0 Å². The standard InChI is InChI=1S/C19H17ClN6O.H2S/c1-11-6-15(8-16(20)7-11)19(27)23-12(2)18-24-13(3)25-26(18)17-5-4-14(9-21)10-22-17;/h4-8,10,12H,1-3H3,(H,23,27);1H2/t12-;/m0./s1. The van der Waals surface area contributed by atoms with Gasteiger partial charge in [-0.3, -0.25) is 4.79 Å². The first kappa shape index (κ1) is 21.4. The Kier molecular flexibility index (Phi) is 6.78. The maximum absolute atomic E-state index is 12.6. The van der Waals surface area contributed by atoms with Crippen LogP contribution in [0.3, 0.4) is 0 Å². The summed E-state index contributed by atoms with van der Waals surface area (Å²) >= 11 is 6.04. The molecule has 1 N–H and O–H groups in total. The second kappa shape index (κ2) is 8.87. The molecular weight excluding hydrogens is 396 g/mol. The van der Waals surface area contributed by atoms with Crippen molar-refractivity contribution in [3.05, 3.63) is 69.9 Å². The minimum atomic E-state index is -0.421. The highest BCUT2D eigenvalue weighted by Gasteiger charge is 2.20. The van der Waals surface area contributed by atoms with E-state index in [9.17, 15) is 4.79 Å². The van der Waals surface area contributed by atoms with Crippen LogP contribution in [0.5, 0.6) is 0 Å². The lowest BCUT2D eigenvalue weighted by molar-refractivity contribution is 0.0937. The molecule has 0 unspecified atom stereocenters. The number of pyridine rings is 1. The fraction of sp³-hybridized carbons (Fsp3) is 0.211. The molecule has 2 aromatic heterocycles. The monoisotopic (exact) mass is 414 g/mol. The zero-order chi connectivity index (χ0) is 19.6. The maximum Gasteiger partial charge on any atom is 0.251 e. The number of hydrogen-bond donors (Lipinski definition) is 1. The van der Waals surface area contributed by atoms with E-state index in [1.807, 2.05) is 19.9 Å². The summed E-state index contributed by atoms with van der Waals surface area (Å²) in [7, 11) is 0. The molecule has 0 aliphatic carbocycles. The largest absolute Gasteiger partial charge is 0.342 e. The van der Waals surface area contributed by atoms with Crippen molar-refractivity contribution >= 4 is 31.0 Å². The van der Waals surface area contributed by atoms with E-state index in [4.69, 9.17) is 16.9 Å². The number of hydrogen-bond acceptors (Lipinski definition) is 5. The van der Waals surface area contributed by atoms with Gasteiger partial charge >= 0.3 is 0 Å². The fourth-order valence-electron chi connectivity index (χ4n) is 2.67. The topological polar surface area (TPSA) is 96.5 Å². The Morgan fingerprint density at radius 3 is 2.64 bits per heavy atom. The number of nitrogens with zero attached hydrogens (tertiary/aromatic N) is 5. The normalized spacial score (nSPS) is 11.2. The Morgan fingerprint density at radius 2 is 2.04 bits per heavy atom. The molecule has 1 aromatic carbocycles. The van der Waals surface area contributed by atoms with Crippen molar-refractivity contribution in [1.82, 2.24) is 25.1 Å². The summed E-state index contributed by atoms with van der Waals surface area (Å²) in [5.74, 6) is 1.35. The van der Waals surface area contributed by atoms with Crippen LogP contribution in [-0.2, 0) is 0 Å². The van der Waals surface area contributed by atoms with E-state index in [-0.39, 0.29) is 19.4 Å². The van der Waals surface area contributed by atoms with Crippen LogP contribution in [0.1, 0.15) is 46.1 Å². The number of benzene rings is 1. The van der Waals surface area contributed by atoms with E-state index in [1.165, 1.54) is 6.20 Å². The average molecular weight is 415 g/mol. The molecule has 3 aromatic rings. The highest BCUT2D eigenvalue weighted by Crippen LogP contribution is 2.18. The van der Waals surface area contributed by atoms with E-state index in [1.54, 1.807) is 41.9 Å². The van der Waals surface area contributed by atoms with Crippen molar-refractivity contribution in [2.24, 2.45) is 0 Å². The lowest BCUT2D eigenvalue weighted by atomic mass is 10.1. The fourth-order valence-corrected chi connectivity index (χ4v) is 2.96. The van der Waals surface area contributed by atoms with Gasteiger partial charge in [0.25, 0.3) is 5.91 Å². The van der Waals surface area contributed by atoms with Crippen molar-refractivity contribution in [3.8, 4) is 11.9 Å². The molecule has 0 radical (unpaired) electrons. The van der Waals surface area contributed by atoms with Gasteiger partial charge in [0.05, 0.1) is 11.6 Å². The molecule has 0 bridgehead atoms. The summed E-state index contributed by atoms with van der Waals surface area (Å²) in [5.41, 5.74) is 1.84. The number of aromatic nitrogens is 4. The first-order valence-electron chi connectivity index (χ1n) is 8.25. The van der Waals surface area contributed by atoms with E-state index in [0.29, 0.717) is 33.6 Å². The van der Waals surface area contributed by atoms with E-state index < -0.39 is 6.04 Å². The van der Waals surface area contributed by atoms with Crippen LogP contribution >= 0.6 is 25.1 Å². The van der Waals surface area contributed by atoms with Gasteiger partial charge in [-0.1, -0.05) is 11.6 Å². The van der Waals surface area contributed by atoms with Crippen LogP contribution in [0, 0.1) is 25.2 Å². The molecule has 28 heavy (non-hydrogen) atoms. The quantitative estimate of drug-likeness (QED) is 0.705. The molecule has 1 atom stereocenters. The molecule has 2 heterocycles. The zero-order valence-corrected chi connectivity index (χ0v) is 17.3. The molecule has 0 fully saturated rings. The Balaban J connectivity index is 0.00000280. The minimum Gasteiger partial charge on any atom is -0.342 e. The molecular formula is C19H19ClN6OS. The summed E-state index contributed by atoms with van der Waals surface area (Å²) in [4.78, 5) is 21.3. The summed E-state index contributed by atoms with van der Waals surface area (Å²) < 4.78 is 1.56. The van der Waals surface area contributed by atoms with Gasteiger partial charge < -0.3 is 5.32 Å². The molecule has 0 spiro atoms. The number of rotatable bonds is 4. The number of carbonyl (C=O) groups is 1. The van der Waals surface area contributed by atoms with E-state index >= 15 is 0 Å². The van der Waals surface area contributed by atoms with Crippen molar-refractivity contribution in [1.29, 1.82) is 5.26 Å². The highest BCUT2D eigenvalue weighted by molar-refractivity contribution is 7.59. The molecule has 9 heteroatoms. The molecule has 7 nitrogen and oxygen atoms in total. The van der Waals surface area contributed by atoms with Crippen molar-refractivity contribution < 1.29 is 4.79 Å².